The van der Waals surface area contributed by atoms with E-state index in [1.54, 1.807) is 25.3 Å². The van der Waals surface area contributed by atoms with Gasteiger partial charge in [0.1, 0.15) is 0 Å². The minimum atomic E-state index is 0.00860. The number of hydrogen-bond donors (Lipinski definition) is 1. The Kier molecular flexibility index (Phi) is 4.76. The van der Waals surface area contributed by atoms with Crippen LogP contribution in [0, 0.1) is 0 Å². The molecule has 0 unspecified atom stereocenters. The van der Waals surface area contributed by atoms with E-state index in [9.17, 15) is 0 Å². The Balaban J connectivity index is 2.84. The van der Waals surface area contributed by atoms with Gasteiger partial charge in [-0.2, -0.15) is 0 Å². The van der Waals surface area contributed by atoms with Crippen molar-refractivity contribution in [1.82, 2.24) is 0 Å². The fourth-order valence-electron chi connectivity index (χ4n) is 1.08. The number of halogens is 1. The van der Waals surface area contributed by atoms with E-state index < -0.39 is 0 Å². The van der Waals surface area contributed by atoms with Gasteiger partial charge in [-0.3, -0.25) is 0 Å². The predicted molar refractivity (Wildman–Crippen MR) is 58.2 cm³/mol. The molecule has 3 nitrogen and oxygen atoms in total. The fraction of sp³-hybridized carbons (Fsp3) is 0.400. The summed E-state index contributed by atoms with van der Waals surface area (Å²) < 4.78 is 10.6. The van der Waals surface area contributed by atoms with E-state index in [0.29, 0.717) is 18.1 Å². The quantitative estimate of drug-likeness (QED) is 0.823. The first-order valence-corrected chi connectivity index (χ1v) is 5.40. The lowest BCUT2D eigenvalue weighted by molar-refractivity contribution is 0.278. The summed E-state index contributed by atoms with van der Waals surface area (Å²) in [6, 6.07) is 5.37. The van der Waals surface area contributed by atoms with Gasteiger partial charge in [-0.15, -0.1) is 0 Å². The number of benzene rings is 1. The van der Waals surface area contributed by atoms with Crippen LogP contribution in [0.5, 0.6) is 11.5 Å². The lowest BCUT2D eigenvalue weighted by Crippen LogP contribution is -2.00. The number of alkyl halides is 1. The summed E-state index contributed by atoms with van der Waals surface area (Å²) >= 11 is 3.27. The zero-order chi connectivity index (χ0) is 10.4. The zero-order valence-electron chi connectivity index (χ0n) is 8.00. The molecule has 0 bridgehead atoms. The van der Waals surface area contributed by atoms with Gasteiger partial charge in [0.05, 0.1) is 20.3 Å². The normalized spacial score (nSPS) is 9.93. The maximum atomic E-state index is 8.95. The Labute approximate surface area is 91.8 Å². The Morgan fingerprint density at radius 3 is 2.71 bits per heavy atom. The molecule has 0 radical (unpaired) electrons. The van der Waals surface area contributed by atoms with Gasteiger partial charge in [0.25, 0.3) is 0 Å². The highest BCUT2D eigenvalue weighted by atomic mass is 79.9. The van der Waals surface area contributed by atoms with Crippen molar-refractivity contribution in [3.63, 3.8) is 0 Å². The summed E-state index contributed by atoms with van der Waals surface area (Å²) in [5.74, 6) is 1.35. The Bertz CT molecular complexity index is 289. The van der Waals surface area contributed by atoms with Crippen LogP contribution in [-0.4, -0.2) is 24.2 Å². The van der Waals surface area contributed by atoms with Crippen molar-refractivity contribution in [2.75, 3.05) is 19.0 Å². The van der Waals surface area contributed by atoms with Crippen LogP contribution >= 0.6 is 15.9 Å². The molecule has 0 fully saturated rings. The molecule has 1 rings (SSSR count). The van der Waals surface area contributed by atoms with Crippen molar-refractivity contribution < 1.29 is 14.6 Å². The molecule has 0 saturated heterocycles. The molecular formula is C10H13BrO3. The molecule has 78 valence electrons. The highest BCUT2D eigenvalue weighted by molar-refractivity contribution is 9.09. The van der Waals surface area contributed by atoms with Crippen molar-refractivity contribution in [1.29, 1.82) is 0 Å². The summed E-state index contributed by atoms with van der Waals surface area (Å²) in [6.07, 6.45) is 0. The van der Waals surface area contributed by atoms with Gasteiger partial charge < -0.3 is 14.6 Å². The van der Waals surface area contributed by atoms with E-state index in [2.05, 4.69) is 15.9 Å². The highest BCUT2D eigenvalue weighted by Gasteiger charge is 2.04. The summed E-state index contributed by atoms with van der Waals surface area (Å²) in [5, 5.41) is 9.71. The van der Waals surface area contributed by atoms with Crippen LogP contribution in [0.4, 0.5) is 0 Å². The lowest BCUT2D eigenvalue weighted by atomic mass is 10.2. The molecule has 1 aromatic rings. The number of rotatable bonds is 5. The molecular weight excluding hydrogens is 248 g/mol. The van der Waals surface area contributed by atoms with Crippen LogP contribution in [0.2, 0.25) is 0 Å². The van der Waals surface area contributed by atoms with Crippen LogP contribution in [-0.2, 0) is 6.61 Å². The molecule has 1 aromatic carbocycles. The molecule has 14 heavy (non-hydrogen) atoms. The van der Waals surface area contributed by atoms with Gasteiger partial charge in [0.2, 0.25) is 0 Å². The molecule has 4 heteroatoms. The van der Waals surface area contributed by atoms with E-state index in [1.807, 2.05) is 0 Å². The van der Waals surface area contributed by atoms with E-state index in [0.717, 1.165) is 10.9 Å². The number of aliphatic hydroxyl groups is 1. The van der Waals surface area contributed by atoms with Gasteiger partial charge in [0.15, 0.2) is 11.5 Å². The Hall–Kier alpha value is -0.740. The molecule has 0 atom stereocenters. The van der Waals surface area contributed by atoms with Gasteiger partial charge in [-0.25, -0.2) is 0 Å². The minimum absolute atomic E-state index is 0.00860. The summed E-state index contributed by atoms with van der Waals surface area (Å²) in [4.78, 5) is 0. The first kappa shape index (κ1) is 11.3. The predicted octanol–water partition coefficient (Wildman–Crippen LogP) is 1.96. The molecule has 0 spiro atoms. The molecule has 0 aromatic heterocycles. The van der Waals surface area contributed by atoms with Crippen LogP contribution in [0.3, 0.4) is 0 Å². The molecule has 0 amide bonds. The monoisotopic (exact) mass is 260 g/mol. The third-order valence-electron chi connectivity index (χ3n) is 1.75. The van der Waals surface area contributed by atoms with Gasteiger partial charge in [-0.1, -0.05) is 22.0 Å². The van der Waals surface area contributed by atoms with E-state index >= 15 is 0 Å². The fourth-order valence-corrected chi connectivity index (χ4v) is 1.24. The average Bonchev–Trinajstić information content (AvgIpc) is 2.25. The van der Waals surface area contributed by atoms with Crippen molar-refractivity contribution in [2.24, 2.45) is 0 Å². The Morgan fingerprint density at radius 2 is 2.14 bits per heavy atom. The second kappa shape index (κ2) is 5.88. The van der Waals surface area contributed by atoms with E-state index in [1.165, 1.54) is 0 Å². The minimum Gasteiger partial charge on any atom is -0.493 e. The molecule has 0 aliphatic carbocycles. The van der Waals surface area contributed by atoms with Gasteiger partial charge >= 0.3 is 0 Å². The third kappa shape index (κ3) is 2.89. The van der Waals surface area contributed by atoms with Crippen LogP contribution in [0.1, 0.15) is 5.56 Å². The van der Waals surface area contributed by atoms with E-state index in [-0.39, 0.29) is 6.61 Å². The van der Waals surface area contributed by atoms with Crippen LogP contribution in [0.25, 0.3) is 0 Å². The van der Waals surface area contributed by atoms with E-state index in [4.69, 9.17) is 14.6 Å². The van der Waals surface area contributed by atoms with Crippen molar-refractivity contribution in [2.45, 2.75) is 6.61 Å². The van der Waals surface area contributed by atoms with Crippen LogP contribution < -0.4 is 9.47 Å². The summed E-state index contributed by atoms with van der Waals surface area (Å²) in [5.41, 5.74) is 0.815. The van der Waals surface area contributed by atoms with Crippen molar-refractivity contribution in [3.8, 4) is 11.5 Å². The molecule has 0 saturated carbocycles. The molecule has 0 aliphatic rings. The highest BCUT2D eigenvalue weighted by Crippen LogP contribution is 2.27. The number of hydrogen-bond acceptors (Lipinski definition) is 3. The zero-order valence-corrected chi connectivity index (χ0v) is 9.58. The largest absolute Gasteiger partial charge is 0.493 e. The first-order chi connectivity index (χ1) is 6.81. The van der Waals surface area contributed by atoms with Gasteiger partial charge in [-0.05, 0) is 17.7 Å². The SMILES string of the molecule is COc1ccc(CO)cc1OCCBr. The maximum absolute atomic E-state index is 8.95. The second-order valence-electron chi connectivity index (χ2n) is 2.68. The molecule has 0 heterocycles. The number of ether oxygens (including phenoxy) is 2. The summed E-state index contributed by atoms with van der Waals surface area (Å²) in [7, 11) is 1.59. The number of methoxy groups -OCH3 is 1. The van der Waals surface area contributed by atoms with Gasteiger partial charge in [0, 0.05) is 5.33 Å². The second-order valence-corrected chi connectivity index (χ2v) is 3.47. The van der Waals surface area contributed by atoms with Crippen molar-refractivity contribution in [3.05, 3.63) is 23.8 Å². The third-order valence-corrected chi connectivity index (χ3v) is 2.07. The van der Waals surface area contributed by atoms with Crippen molar-refractivity contribution >= 4 is 15.9 Å². The lowest BCUT2D eigenvalue weighted by Gasteiger charge is -2.10. The van der Waals surface area contributed by atoms with Crippen LogP contribution in [0.15, 0.2) is 18.2 Å². The summed E-state index contributed by atoms with van der Waals surface area (Å²) in [6.45, 7) is 0.583. The number of aliphatic hydroxyl groups excluding tert-OH is 1. The first-order valence-electron chi connectivity index (χ1n) is 4.28. The maximum Gasteiger partial charge on any atom is 0.161 e. The topological polar surface area (TPSA) is 38.7 Å². The molecule has 1 N–H and O–H groups in total. The smallest absolute Gasteiger partial charge is 0.161 e. The standard InChI is InChI=1S/C10H13BrO3/c1-13-9-3-2-8(7-12)6-10(9)14-5-4-11/h2-3,6,12H,4-5,7H2,1H3. The Morgan fingerprint density at radius 1 is 1.36 bits per heavy atom. The molecule has 0 aliphatic heterocycles. The average molecular weight is 261 g/mol.